The normalized spacial score (nSPS) is 16.8. The number of ether oxygens (including phenoxy) is 2. The molecule has 6 heteroatoms. The smallest absolute Gasteiger partial charge is 0.350 e. The van der Waals surface area contributed by atoms with Crippen molar-refractivity contribution in [2.75, 3.05) is 19.0 Å². The van der Waals surface area contributed by atoms with Crippen LogP contribution in [-0.2, 0) is 4.74 Å². The quantitative estimate of drug-likeness (QED) is 0.883. The lowest BCUT2D eigenvalue weighted by molar-refractivity contribution is 0.0605. The standard InChI is InChI=1S/C15H16N2O3S/c1-9-13(14(18)19-2)21-15(16-9)17-11-7-8-20-12-6-4-3-5-10(11)12/h3-6,11H,7-8H2,1-2H3,(H,16,17). The number of benzene rings is 1. The Kier molecular flexibility index (Phi) is 3.79. The average molecular weight is 304 g/mol. The van der Waals surface area contributed by atoms with Crippen LogP contribution in [0.5, 0.6) is 5.75 Å². The molecule has 0 saturated heterocycles. The van der Waals surface area contributed by atoms with Crippen LogP contribution in [-0.4, -0.2) is 24.7 Å². The summed E-state index contributed by atoms with van der Waals surface area (Å²) in [4.78, 5) is 16.6. The number of rotatable bonds is 3. The maximum Gasteiger partial charge on any atom is 0.350 e. The second-order valence-corrected chi connectivity index (χ2v) is 5.80. The number of para-hydroxylation sites is 1. The highest BCUT2D eigenvalue weighted by Crippen LogP contribution is 2.35. The summed E-state index contributed by atoms with van der Waals surface area (Å²) in [6.45, 7) is 2.48. The van der Waals surface area contributed by atoms with Crippen LogP contribution in [0, 0.1) is 6.92 Å². The van der Waals surface area contributed by atoms with Crippen LogP contribution in [0.25, 0.3) is 0 Å². The summed E-state index contributed by atoms with van der Waals surface area (Å²) in [7, 11) is 1.38. The summed E-state index contributed by atoms with van der Waals surface area (Å²) in [6, 6.07) is 8.12. The first kappa shape index (κ1) is 13.9. The van der Waals surface area contributed by atoms with Gasteiger partial charge in [-0.2, -0.15) is 0 Å². The number of fused-ring (bicyclic) bond motifs is 1. The Labute approximate surface area is 126 Å². The van der Waals surface area contributed by atoms with Gasteiger partial charge in [0.15, 0.2) is 5.13 Å². The largest absolute Gasteiger partial charge is 0.493 e. The van der Waals surface area contributed by atoms with Gasteiger partial charge >= 0.3 is 5.97 Å². The van der Waals surface area contributed by atoms with Crippen LogP contribution < -0.4 is 10.1 Å². The molecule has 0 spiro atoms. The fourth-order valence-electron chi connectivity index (χ4n) is 2.38. The summed E-state index contributed by atoms with van der Waals surface area (Å²) in [5, 5.41) is 4.13. The van der Waals surface area contributed by atoms with E-state index in [0.29, 0.717) is 17.2 Å². The Morgan fingerprint density at radius 2 is 2.29 bits per heavy atom. The third-order valence-corrected chi connectivity index (χ3v) is 4.49. The molecule has 5 nitrogen and oxygen atoms in total. The van der Waals surface area contributed by atoms with Crippen LogP contribution in [0.1, 0.15) is 33.4 Å². The molecule has 1 aromatic carbocycles. The number of aryl methyl sites for hydroxylation is 1. The number of thiazole rings is 1. The van der Waals surface area contributed by atoms with Gasteiger partial charge in [-0.25, -0.2) is 9.78 Å². The summed E-state index contributed by atoms with van der Waals surface area (Å²) in [5.41, 5.74) is 1.81. The predicted octanol–water partition coefficient (Wildman–Crippen LogP) is 3.17. The van der Waals surface area contributed by atoms with Gasteiger partial charge in [0.2, 0.25) is 0 Å². The van der Waals surface area contributed by atoms with E-state index in [9.17, 15) is 4.79 Å². The van der Waals surface area contributed by atoms with Crippen LogP contribution in [0.3, 0.4) is 0 Å². The molecule has 1 unspecified atom stereocenters. The molecular weight excluding hydrogens is 288 g/mol. The number of carbonyl (C=O) groups is 1. The van der Waals surface area contributed by atoms with Crippen molar-refractivity contribution < 1.29 is 14.3 Å². The number of esters is 1. The first-order chi connectivity index (χ1) is 10.2. The summed E-state index contributed by atoms with van der Waals surface area (Å²) in [6.07, 6.45) is 0.864. The molecular formula is C15H16N2O3S. The Hall–Kier alpha value is -2.08. The number of nitrogens with zero attached hydrogens (tertiary/aromatic N) is 1. The molecule has 1 aliphatic heterocycles. The van der Waals surface area contributed by atoms with E-state index in [1.807, 2.05) is 31.2 Å². The van der Waals surface area contributed by atoms with Crippen molar-refractivity contribution in [2.45, 2.75) is 19.4 Å². The lowest BCUT2D eigenvalue weighted by Crippen LogP contribution is -2.20. The molecule has 2 heterocycles. The van der Waals surface area contributed by atoms with E-state index in [4.69, 9.17) is 9.47 Å². The number of hydrogen-bond acceptors (Lipinski definition) is 6. The highest BCUT2D eigenvalue weighted by atomic mass is 32.1. The van der Waals surface area contributed by atoms with Crippen molar-refractivity contribution in [1.82, 2.24) is 4.98 Å². The zero-order chi connectivity index (χ0) is 14.8. The molecule has 0 aliphatic carbocycles. The van der Waals surface area contributed by atoms with Gasteiger partial charge in [0.1, 0.15) is 10.6 Å². The number of hydrogen-bond donors (Lipinski definition) is 1. The van der Waals surface area contributed by atoms with Gasteiger partial charge in [0.05, 0.1) is 25.5 Å². The lowest BCUT2D eigenvalue weighted by atomic mass is 10.0. The zero-order valence-electron chi connectivity index (χ0n) is 11.9. The molecule has 2 aromatic rings. The Morgan fingerprint density at radius 3 is 3.10 bits per heavy atom. The molecule has 0 radical (unpaired) electrons. The second-order valence-electron chi connectivity index (χ2n) is 4.80. The third-order valence-electron chi connectivity index (χ3n) is 3.42. The number of aromatic nitrogens is 1. The Balaban J connectivity index is 1.84. The maximum atomic E-state index is 11.6. The van der Waals surface area contributed by atoms with Crippen molar-refractivity contribution in [3.05, 3.63) is 40.4 Å². The zero-order valence-corrected chi connectivity index (χ0v) is 12.7. The predicted molar refractivity (Wildman–Crippen MR) is 81.1 cm³/mol. The van der Waals surface area contributed by atoms with Crippen LogP contribution in [0.2, 0.25) is 0 Å². The minimum absolute atomic E-state index is 0.144. The van der Waals surface area contributed by atoms with Crippen molar-refractivity contribution in [1.29, 1.82) is 0 Å². The molecule has 1 aliphatic rings. The lowest BCUT2D eigenvalue weighted by Gasteiger charge is -2.26. The molecule has 0 saturated carbocycles. The van der Waals surface area contributed by atoms with Crippen LogP contribution in [0.15, 0.2) is 24.3 Å². The monoisotopic (exact) mass is 304 g/mol. The fourth-order valence-corrected chi connectivity index (χ4v) is 3.32. The van der Waals surface area contributed by atoms with E-state index >= 15 is 0 Å². The molecule has 0 bridgehead atoms. The van der Waals surface area contributed by atoms with Crippen molar-refractivity contribution in [2.24, 2.45) is 0 Å². The van der Waals surface area contributed by atoms with E-state index in [1.54, 1.807) is 0 Å². The molecule has 1 aromatic heterocycles. The molecule has 1 N–H and O–H groups in total. The molecule has 3 rings (SSSR count). The molecule has 0 fully saturated rings. The van der Waals surface area contributed by atoms with E-state index < -0.39 is 0 Å². The fraction of sp³-hybridized carbons (Fsp3) is 0.333. The van der Waals surface area contributed by atoms with Gasteiger partial charge < -0.3 is 14.8 Å². The minimum Gasteiger partial charge on any atom is -0.493 e. The van der Waals surface area contributed by atoms with Gasteiger partial charge in [-0.3, -0.25) is 0 Å². The molecule has 0 amide bonds. The molecule has 1 atom stereocenters. The van der Waals surface area contributed by atoms with Gasteiger partial charge in [-0.1, -0.05) is 29.5 Å². The van der Waals surface area contributed by atoms with Crippen LogP contribution in [0.4, 0.5) is 5.13 Å². The summed E-state index contributed by atoms with van der Waals surface area (Å²) < 4.78 is 10.4. The van der Waals surface area contributed by atoms with Crippen molar-refractivity contribution in [3.63, 3.8) is 0 Å². The van der Waals surface area contributed by atoms with E-state index in [2.05, 4.69) is 10.3 Å². The maximum absolute atomic E-state index is 11.6. The SMILES string of the molecule is COC(=O)c1sc(NC2CCOc3ccccc32)nc1C. The van der Waals surface area contributed by atoms with Gasteiger partial charge in [0.25, 0.3) is 0 Å². The highest BCUT2D eigenvalue weighted by molar-refractivity contribution is 7.17. The van der Waals surface area contributed by atoms with E-state index in [0.717, 1.165) is 22.9 Å². The Bertz CT molecular complexity index is 669. The Morgan fingerprint density at radius 1 is 1.48 bits per heavy atom. The summed E-state index contributed by atoms with van der Waals surface area (Å²) >= 11 is 1.32. The van der Waals surface area contributed by atoms with Crippen molar-refractivity contribution >= 4 is 22.4 Å². The highest BCUT2D eigenvalue weighted by Gasteiger charge is 2.23. The third kappa shape index (κ3) is 2.71. The number of methoxy groups -OCH3 is 1. The van der Waals surface area contributed by atoms with E-state index in [-0.39, 0.29) is 12.0 Å². The first-order valence-corrected chi connectivity index (χ1v) is 7.54. The van der Waals surface area contributed by atoms with E-state index in [1.165, 1.54) is 18.4 Å². The number of nitrogens with one attached hydrogen (secondary N) is 1. The molecule has 110 valence electrons. The second kappa shape index (κ2) is 5.73. The van der Waals surface area contributed by atoms with Gasteiger partial charge in [0, 0.05) is 12.0 Å². The number of carbonyl (C=O) groups excluding carboxylic acids is 1. The van der Waals surface area contributed by atoms with Gasteiger partial charge in [-0.05, 0) is 13.0 Å². The van der Waals surface area contributed by atoms with Crippen LogP contribution >= 0.6 is 11.3 Å². The summed E-state index contributed by atoms with van der Waals surface area (Å²) in [5.74, 6) is 0.563. The molecule has 21 heavy (non-hydrogen) atoms. The van der Waals surface area contributed by atoms with Crippen molar-refractivity contribution in [3.8, 4) is 5.75 Å². The average Bonchev–Trinajstić information content (AvgIpc) is 2.87. The topological polar surface area (TPSA) is 60.5 Å². The number of anilines is 1. The van der Waals surface area contributed by atoms with Gasteiger partial charge in [-0.15, -0.1) is 0 Å². The first-order valence-electron chi connectivity index (χ1n) is 6.73. The minimum atomic E-state index is -0.342.